The molecule has 0 atom stereocenters. The number of hydrogen-bond acceptors (Lipinski definition) is 6. The average molecular weight is 363 g/mol. The molecule has 4 rings (SSSR count). The minimum Gasteiger partial charge on any atom is -0.444 e. The zero-order chi connectivity index (χ0) is 17.9. The van der Waals surface area contributed by atoms with E-state index in [0.29, 0.717) is 11.6 Å². The fraction of sp³-hybridized carbons (Fsp3) is 0.158. The third-order valence-electron chi connectivity index (χ3n) is 4.17. The highest BCUT2D eigenvalue weighted by Crippen LogP contribution is 2.26. The van der Waals surface area contributed by atoms with Crippen LogP contribution in [-0.4, -0.2) is 25.2 Å². The van der Waals surface area contributed by atoms with Crippen LogP contribution in [0.3, 0.4) is 0 Å². The highest BCUT2D eigenvalue weighted by atomic mass is 32.2. The van der Waals surface area contributed by atoms with Crippen LogP contribution in [0.1, 0.15) is 16.8 Å². The fourth-order valence-electron chi connectivity index (χ4n) is 2.61. The molecule has 0 spiro atoms. The maximum Gasteiger partial charge on any atom is 0.226 e. The van der Waals surface area contributed by atoms with Gasteiger partial charge >= 0.3 is 0 Å². The fourth-order valence-corrected chi connectivity index (χ4v) is 3.37. The van der Waals surface area contributed by atoms with E-state index in [-0.39, 0.29) is 0 Å². The molecule has 6 nitrogen and oxygen atoms in total. The lowest BCUT2D eigenvalue weighted by Gasteiger charge is -2.09. The first-order chi connectivity index (χ1) is 12.7. The largest absolute Gasteiger partial charge is 0.444 e. The molecule has 0 aliphatic heterocycles. The second kappa shape index (κ2) is 7.13. The molecule has 0 saturated heterocycles. The van der Waals surface area contributed by atoms with Crippen molar-refractivity contribution in [1.82, 2.24) is 25.2 Å². The molecule has 0 aliphatic rings. The van der Waals surface area contributed by atoms with Crippen LogP contribution >= 0.6 is 11.8 Å². The van der Waals surface area contributed by atoms with Crippen molar-refractivity contribution >= 4 is 11.8 Å². The maximum absolute atomic E-state index is 5.59. The van der Waals surface area contributed by atoms with Gasteiger partial charge in [-0.3, -0.25) is 0 Å². The lowest BCUT2D eigenvalue weighted by molar-refractivity contribution is 0.573. The SMILES string of the molecule is Cc1cccc(-n2nnnc2SCc2coc(-c3ccccc3)n2)c1C. The van der Waals surface area contributed by atoms with Crippen molar-refractivity contribution in [2.24, 2.45) is 0 Å². The number of nitrogens with zero attached hydrogens (tertiary/aromatic N) is 5. The Morgan fingerprint density at radius 3 is 2.73 bits per heavy atom. The third-order valence-corrected chi connectivity index (χ3v) is 5.12. The number of hydrogen-bond donors (Lipinski definition) is 0. The standard InChI is InChI=1S/C19H17N5OS/c1-13-7-6-10-17(14(13)2)24-19(21-22-23-24)26-12-16-11-25-18(20-16)15-8-4-3-5-9-15/h3-11H,12H2,1-2H3. The zero-order valence-corrected chi connectivity index (χ0v) is 15.3. The highest BCUT2D eigenvalue weighted by molar-refractivity contribution is 7.98. The Morgan fingerprint density at radius 1 is 1.04 bits per heavy atom. The summed E-state index contributed by atoms with van der Waals surface area (Å²) >= 11 is 1.53. The van der Waals surface area contributed by atoms with Crippen LogP contribution in [0, 0.1) is 13.8 Å². The van der Waals surface area contributed by atoms with Crippen LogP contribution in [0.15, 0.2) is 64.4 Å². The van der Waals surface area contributed by atoms with E-state index >= 15 is 0 Å². The van der Waals surface area contributed by atoms with Crippen molar-refractivity contribution in [1.29, 1.82) is 0 Å². The van der Waals surface area contributed by atoms with Crippen molar-refractivity contribution in [3.63, 3.8) is 0 Å². The van der Waals surface area contributed by atoms with E-state index in [1.165, 1.54) is 17.3 Å². The van der Waals surface area contributed by atoms with Crippen molar-refractivity contribution in [3.8, 4) is 17.1 Å². The summed E-state index contributed by atoms with van der Waals surface area (Å²) in [5, 5.41) is 12.9. The molecule has 130 valence electrons. The minimum atomic E-state index is 0.621. The molecule has 26 heavy (non-hydrogen) atoms. The second-order valence-corrected chi connectivity index (χ2v) is 6.83. The first-order valence-electron chi connectivity index (χ1n) is 8.20. The monoisotopic (exact) mass is 363 g/mol. The van der Waals surface area contributed by atoms with Gasteiger partial charge < -0.3 is 4.42 Å². The minimum absolute atomic E-state index is 0.621. The molecule has 0 N–H and O–H groups in total. The van der Waals surface area contributed by atoms with Crippen LogP contribution in [-0.2, 0) is 5.75 Å². The van der Waals surface area contributed by atoms with Crippen molar-refractivity contribution in [2.45, 2.75) is 24.8 Å². The summed E-state index contributed by atoms with van der Waals surface area (Å²) in [6.07, 6.45) is 1.68. The molecular formula is C19H17N5OS. The quantitative estimate of drug-likeness (QED) is 0.494. The zero-order valence-electron chi connectivity index (χ0n) is 14.5. The van der Waals surface area contributed by atoms with Crippen LogP contribution in [0.25, 0.3) is 17.1 Å². The molecule has 0 saturated carbocycles. The number of aromatic nitrogens is 5. The van der Waals surface area contributed by atoms with Crippen molar-refractivity contribution in [3.05, 3.63) is 71.6 Å². The number of oxazole rings is 1. The summed E-state index contributed by atoms with van der Waals surface area (Å²) < 4.78 is 7.36. The van der Waals surface area contributed by atoms with E-state index < -0.39 is 0 Å². The van der Waals surface area contributed by atoms with Gasteiger partial charge in [0, 0.05) is 11.3 Å². The van der Waals surface area contributed by atoms with Crippen LogP contribution in [0.5, 0.6) is 0 Å². The molecule has 0 radical (unpaired) electrons. The van der Waals surface area contributed by atoms with Crippen molar-refractivity contribution < 1.29 is 4.42 Å². The molecule has 2 aromatic heterocycles. The Morgan fingerprint density at radius 2 is 1.88 bits per heavy atom. The summed E-state index contributed by atoms with van der Waals surface area (Å²) in [4.78, 5) is 4.55. The lowest BCUT2D eigenvalue weighted by atomic mass is 10.1. The van der Waals surface area contributed by atoms with Gasteiger partial charge in [0.25, 0.3) is 0 Å². The van der Waals surface area contributed by atoms with Gasteiger partial charge in [0.1, 0.15) is 6.26 Å². The van der Waals surface area contributed by atoms with Crippen LogP contribution in [0.2, 0.25) is 0 Å². The molecule has 0 fully saturated rings. The molecule has 0 amide bonds. The van der Waals surface area contributed by atoms with Gasteiger partial charge in [-0.1, -0.05) is 42.1 Å². The average Bonchev–Trinajstić information content (AvgIpc) is 3.32. The van der Waals surface area contributed by atoms with E-state index in [4.69, 9.17) is 4.42 Å². The number of rotatable bonds is 5. The Labute approximate surface area is 155 Å². The van der Waals surface area contributed by atoms with E-state index in [1.54, 1.807) is 10.9 Å². The highest BCUT2D eigenvalue weighted by Gasteiger charge is 2.13. The Balaban J connectivity index is 1.53. The van der Waals surface area contributed by atoms with Gasteiger partial charge in [-0.25, -0.2) is 4.98 Å². The second-order valence-electron chi connectivity index (χ2n) is 5.89. The van der Waals surface area contributed by atoms with E-state index in [9.17, 15) is 0 Å². The molecule has 0 aliphatic carbocycles. The number of tetrazole rings is 1. The van der Waals surface area contributed by atoms with E-state index in [2.05, 4.69) is 40.4 Å². The van der Waals surface area contributed by atoms with Gasteiger partial charge in [0.2, 0.25) is 11.0 Å². The summed E-state index contributed by atoms with van der Waals surface area (Å²) in [6, 6.07) is 16.0. The van der Waals surface area contributed by atoms with Crippen LogP contribution in [0.4, 0.5) is 0 Å². The molecule has 2 heterocycles. The predicted octanol–water partition coefficient (Wildman–Crippen LogP) is 4.23. The first kappa shape index (κ1) is 16.5. The van der Waals surface area contributed by atoms with Gasteiger partial charge in [-0.05, 0) is 53.6 Å². The predicted molar refractivity (Wildman–Crippen MR) is 100 cm³/mol. The Bertz CT molecular complexity index is 1030. The summed E-state index contributed by atoms with van der Waals surface area (Å²) in [5.74, 6) is 1.25. The molecule has 7 heteroatoms. The summed E-state index contributed by atoms with van der Waals surface area (Å²) in [5.41, 5.74) is 5.17. The van der Waals surface area contributed by atoms with Gasteiger partial charge in [0.15, 0.2) is 0 Å². The normalized spacial score (nSPS) is 11.0. The molecule has 4 aromatic rings. The molecular weight excluding hydrogens is 346 g/mol. The number of benzene rings is 2. The van der Waals surface area contributed by atoms with Gasteiger partial charge in [0.05, 0.1) is 11.4 Å². The molecule has 0 bridgehead atoms. The first-order valence-corrected chi connectivity index (χ1v) is 9.18. The van der Waals surface area contributed by atoms with Gasteiger partial charge in [-0.15, -0.1) is 5.10 Å². The topological polar surface area (TPSA) is 69.6 Å². The van der Waals surface area contributed by atoms with Crippen LogP contribution < -0.4 is 0 Å². The summed E-state index contributed by atoms with van der Waals surface area (Å²) in [6.45, 7) is 4.15. The number of thioether (sulfide) groups is 1. The van der Waals surface area contributed by atoms with Crippen molar-refractivity contribution in [2.75, 3.05) is 0 Å². The lowest BCUT2D eigenvalue weighted by Crippen LogP contribution is -2.02. The third kappa shape index (κ3) is 3.25. The molecule has 2 aromatic carbocycles. The Hall–Kier alpha value is -2.93. The smallest absolute Gasteiger partial charge is 0.226 e. The van der Waals surface area contributed by atoms with Gasteiger partial charge in [-0.2, -0.15) is 4.68 Å². The maximum atomic E-state index is 5.59. The van der Waals surface area contributed by atoms with E-state index in [0.717, 1.165) is 27.7 Å². The number of aryl methyl sites for hydroxylation is 1. The summed E-state index contributed by atoms with van der Waals surface area (Å²) in [7, 11) is 0. The molecule has 0 unspecified atom stereocenters. The van der Waals surface area contributed by atoms with E-state index in [1.807, 2.05) is 42.5 Å². The Kier molecular flexibility index (Phi) is 4.53.